The Morgan fingerprint density at radius 1 is 1.50 bits per heavy atom. The summed E-state index contributed by atoms with van der Waals surface area (Å²) in [6, 6.07) is 4.90. The number of fused-ring (bicyclic) bond motifs is 1. The van der Waals surface area contributed by atoms with E-state index in [0.29, 0.717) is 10.9 Å². The molecule has 60 valence electrons. The van der Waals surface area contributed by atoms with Crippen molar-refractivity contribution in [1.82, 2.24) is 10.2 Å². The molecule has 0 saturated heterocycles. The maximum Gasteiger partial charge on any atom is 0.0722 e. The molecule has 1 aromatic carbocycles. The van der Waals surface area contributed by atoms with Crippen molar-refractivity contribution < 1.29 is 9.90 Å². The summed E-state index contributed by atoms with van der Waals surface area (Å²) in [5.74, 6) is -1.18. The monoisotopic (exact) mass is 161 g/mol. The van der Waals surface area contributed by atoms with Crippen LogP contribution in [0, 0.1) is 0 Å². The van der Waals surface area contributed by atoms with Gasteiger partial charge in [-0.25, -0.2) is 0 Å². The lowest BCUT2D eigenvalue weighted by atomic mass is 10.1. The summed E-state index contributed by atoms with van der Waals surface area (Å²) in [7, 11) is 0. The van der Waals surface area contributed by atoms with Gasteiger partial charge in [0, 0.05) is 10.9 Å². The number of carboxylic acids is 1. The van der Waals surface area contributed by atoms with E-state index in [0.717, 1.165) is 0 Å². The molecule has 1 heterocycles. The number of aromatic carboxylic acids is 1. The average molecular weight is 161 g/mol. The topological polar surface area (TPSA) is 68.8 Å². The van der Waals surface area contributed by atoms with Gasteiger partial charge in [0.1, 0.15) is 0 Å². The van der Waals surface area contributed by atoms with E-state index in [4.69, 9.17) is 0 Å². The summed E-state index contributed by atoms with van der Waals surface area (Å²) < 4.78 is 0. The van der Waals surface area contributed by atoms with E-state index in [1.165, 1.54) is 12.3 Å². The molecule has 0 fully saturated rings. The van der Waals surface area contributed by atoms with Crippen molar-refractivity contribution in [3.63, 3.8) is 0 Å². The highest BCUT2D eigenvalue weighted by molar-refractivity contribution is 6.01. The van der Waals surface area contributed by atoms with Gasteiger partial charge in [0.05, 0.1) is 17.7 Å². The molecule has 1 N–H and O–H groups in total. The highest BCUT2D eigenvalue weighted by Gasteiger charge is 2.01. The second kappa shape index (κ2) is 2.34. The van der Waals surface area contributed by atoms with Gasteiger partial charge in [0.2, 0.25) is 0 Å². The van der Waals surface area contributed by atoms with Crippen molar-refractivity contribution in [3.8, 4) is 0 Å². The lowest BCUT2D eigenvalue weighted by Crippen LogP contribution is -2.22. The van der Waals surface area contributed by atoms with Gasteiger partial charge in [-0.15, -0.1) is 0 Å². The number of carboxylic acid groups (broad SMARTS) is 1. The molecule has 0 aliphatic rings. The fourth-order valence-corrected chi connectivity index (χ4v) is 1.15. The van der Waals surface area contributed by atoms with Crippen LogP contribution in [0.5, 0.6) is 0 Å². The summed E-state index contributed by atoms with van der Waals surface area (Å²) in [6.45, 7) is 0. The number of nitrogens with one attached hydrogen (secondary N) is 1. The van der Waals surface area contributed by atoms with E-state index in [9.17, 15) is 9.90 Å². The van der Waals surface area contributed by atoms with Crippen LogP contribution in [0.1, 0.15) is 10.4 Å². The van der Waals surface area contributed by atoms with Crippen LogP contribution in [0.25, 0.3) is 10.9 Å². The summed E-state index contributed by atoms with van der Waals surface area (Å²) in [5, 5.41) is 17.5. The number of hydrogen-bond acceptors (Lipinski definition) is 3. The molecule has 0 saturated carbocycles. The Balaban J connectivity index is 2.82. The number of nitrogens with zero attached hydrogens (tertiary/aromatic N) is 1. The lowest BCUT2D eigenvalue weighted by Gasteiger charge is -2.01. The number of aromatic nitrogens is 2. The zero-order valence-corrected chi connectivity index (χ0v) is 6.07. The number of aromatic amines is 1. The predicted octanol–water partition coefficient (Wildman–Crippen LogP) is -0.0736. The van der Waals surface area contributed by atoms with E-state index >= 15 is 0 Å². The van der Waals surface area contributed by atoms with Crippen molar-refractivity contribution in [1.29, 1.82) is 0 Å². The van der Waals surface area contributed by atoms with Gasteiger partial charge < -0.3 is 9.90 Å². The van der Waals surface area contributed by atoms with E-state index in [-0.39, 0.29) is 5.56 Å². The molecule has 0 unspecified atom stereocenters. The van der Waals surface area contributed by atoms with Gasteiger partial charge in [-0.3, -0.25) is 5.10 Å². The first kappa shape index (κ1) is 6.84. The molecule has 1 aromatic heterocycles. The van der Waals surface area contributed by atoms with Crippen LogP contribution in [0.3, 0.4) is 0 Å². The minimum Gasteiger partial charge on any atom is -0.545 e. The Morgan fingerprint density at radius 2 is 2.33 bits per heavy atom. The zero-order valence-electron chi connectivity index (χ0n) is 6.07. The lowest BCUT2D eigenvalue weighted by molar-refractivity contribution is -0.254. The highest BCUT2D eigenvalue weighted by Crippen LogP contribution is 2.14. The minimum atomic E-state index is -1.18. The first-order chi connectivity index (χ1) is 5.79. The van der Waals surface area contributed by atoms with Crippen molar-refractivity contribution in [2.45, 2.75) is 0 Å². The van der Waals surface area contributed by atoms with Gasteiger partial charge >= 0.3 is 0 Å². The normalized spacial score (nSPS) is 10.3. The molecular formula is C8H5N2O2-. The SMILES string of the molecule is O=C([O-])c1cccc2[nH]ncc12. The fourth-order valence-electron chi connectivity index (χ4n) is 1.15. The highest BCUT2D eigenvalue weighted by atomic mass is 16.4. The van der Waals surface area contributed by atoms with Crippen LogP contribution >= 0.6 is 0 Å². The number of carbonyl (C=O) groups is 1. The van der Waals surface area contributed by atoms with E-state index < -0.39 is 5.97 Å². The van der Waals surface area contributed by atoms with Crippen molar-refractivity contribution in [2.75, 3.05) is 0 Å². The molecule has 0 spiro atoms. The third-order valence-electron chi connectivity index (χ3n) is 1.70. The van der Waals surface area contributed by atoms with E-state index in [1.54, 1.807) is 12.1 Å². The molecular weight excluding hydrogens is 156 g/mol. The van der Waals surface area contributed by atoms with Crippen molar-refractivity contribution >= 4 is 16.9 Å². The van der Waals surface area contributed by atoms with Gasteiger partial charge in [0.15, 0.2) is 0 Å². The molecule has 4 nitrogen and oxygen atoms in total. The average Bonchev–Trinajstić information content (AvgIpc) is 2.49. The summed E-state index contributed by atoms with van der Waals surface area (Å²) in [6.07, 6.45) is 1.47. The zero-order chi connectivity index (χ0) is 8.55. The first-order valence-electron chi connectivity index (χ1n) is 3.42. The number of carbonyl (C=O) groups excluding carboxylic acids is 1. The fraction of sp³-hybridized carbons (Fsp3) is 0. The summed E-state index contributed by atoms with van der Waals surface area (Å²) in [5.41, 5.74) is 0.873. The molecule has 12 heavy (non-hydrogen) atoms. The second-order valence-corrected chi connectivity index (χ2v) is 2.42. The Hall–Kier alpha value is -1.84. The number of H-pyrrole nitrogens is 1. The predicted molar refractivity (Wildman–Crippen MR) is 40.4 cm³/mol. The Kier molecular flexibility index (Phi) is 1.33. The second-order valence-electron chi connectivity index (χ2n) is 2.42. The van der Waals surface area contributed by atoms with Crippen molar-refractivity contribution in [2.24, 2.45) is 0 Å². The summed E-state index contributed by atoms with van der Waals surface area (Å²) in [4.78, 5) is 10.6. The van der Waals surface area contributed by atoms with Crippen LogP contribution in [0.2, 0.25) is 0 Å². The summed E-state index contributed by atoms with van der Waals surface area (Å²) >= 11 is 0. The Bertz CT molecular complexity index is 433. The molecule has 0 radical (unpaired) electrons. The molecule has 0 amide bonds. The van der Waals surface area contributed by atoms with Gasteiger partial charge in [-0.05, 0) is 6.07 Å². The maximum absolute atomic E-state index is 10.6. The third-order valence-corrected chi connectivity index (χ3v) is 1.70. The maximum atomic E-state index is 10.6. The van der Waals surface area contributed by atoms with Crippen molar-refractivity contribution in [3.05, 3.63) is 30.0 Å². The van der Waals surface area contributed by atoms with E-state index in [1.807, 2.05) is 0 Å². The minimum absolute atomic E-state index is 0.168. The molecule has 0 aliphatic heterocycles. The molecule has 0 atom stereocenters. The Labute approximate surface area is 67.8 Å². The van der Waals surface area contributed by atoms with Crippen LogP contribution in [-0.4, -0.2) is 16.2 Å². The smallest absolute Gasteiger partial charge is 0.0722 e. The molecule has 0 bridgehead atoms. The molecule has 2 aromatic rings. The molecule has 2 rings (SSSR count). The third kappa shape index (κ3) is 0.852. The van der Waals surface area contributed by atoms with Crippen LogP contribution in [0.15, 0.2) is 24.4 Å². The first-order valence-corrected chi connectivity index (χ1v) is 3.42. The van der Waals surface area contributed by atoms with Gasteiger partial charge in [0.25, 0.3) is 0 Å². The number of hydrogen-bond donors (Lipinski definition) is 1. The number of rotatable bonds is 1. The van der Waals surface area contributed by atoms with Crippen LogP contribution in [-0.2, 0) is 0 Å². The van der Waals surface area contributed by atoms with Crippen LogP contribution < -0.4 is 5.11 Å². The molecule has 0 aliphatic carbocycles. The largest absolute Gasteiger partial charge is 0.545 e. The number of benzene rings is 1. The standard InChI is InChI=1S/C8H6N2O2/c11-8(12)5-2-1-3-7-6(5)4-9-10-7/h1-4H,(H,9,10)(H,11,12)/p-1. The van der Waals surface area contributed by atoms with Gasteiger partial charge in [-0.2, -0.15) is 5.10 Å². The Morgan fingerprint density at radius 3 is 3.08 bits per heavy atom. The van der Waals surface area contributed by atoms with E-state index in [2.05, 4.69) is 10.2 Å². The quantitative estimate of drug-likeness (QED) is 0.636. The van der Waals surface area contributed by atoms with Crippen LogP contribution in [0.4, 0.5) is 0 Å². The van der Waals surface area contributed by atoms with Gasteiger partial charge in [-0.1, -0.05) is 12.1 Å². The molecule has 4 heteroatoms.